The van der Waals surface area contributed by atoms with Crippen molar-refractivity contribution in [2.45, 2.75) is 13.8 Å². The summed E-state index contributed by atoms with van der Waals surface area (Å²) in [5, 5.41) is 9.06. The molecule has 2 aromatic carbocycles. The molecule has 0 saturated heterocycles. The minimum atomic E-state index is -0.932. The number of hydrogen-bond acceptors (Lipinski definition) is 5. The lowest BCUT2D eigenvalue weighted by atomic mass is 10.1. The van der Waals surface area contributed by atoms with Gasteiger partial charge in [0.05, 0.1) is 11.6 Å². The first-order valence-corrected chi connectivity index (χ1v) is 8.79. The Labute approximate surface area is 167 Å². The van der Waals surface area contributed by atoms with Gasteiger partial charge < -0.3 is 14.4 Å². The number of nitrogens with zero attached hydrogens (tertiary/aromatic N) is 3. The number of halogens is 2. The lowest BCUT2D eigenvalue weighted by molar-refractivity contribution is 0.372. The van der Waals surface area contributed by atoms with Crippen molar-refractivity contribution in [2.24, 2.45) is 0 Å². The number of hydrogen-bond donors (Lipinski definition) is 0. The number of aryl methyl sites for hydroxylation is 1. The Bertz CT molecular complexity index is 1110. The lowest BCUT2D eigenvalue weighted by Crippen LogP contribution is -2.08. The van der Waals surface area contributed by atoms with Gasteiger partial charge in [0.2, 0.25) is 0 Å². The summed E-state index contributed by atoms with van der Waals surface area (Å²) >= 11 is 0. The normalized spacial score (nSPS) is 10.4. The van der Waals surface area contributed by atoms with E-state index in [0.717, 1.165) is 5.69 Å². The van der Waals surface area contributed by atoms with Crippen LogP contribution in [-0.4, -0.2) is 19.1 Å². The number of anilines is 1. The van der Waals surface area contributed by atoms with Gasteiger partial charge in [0.25, 0.3) is 11.8 Å². The maximum absolute atomic E-state index is 14.6. The van der Waals surface area contributed by atoms with Gasteiger partial charge in [-0.15, -0.1) is 0 Å². The van der Waals surface area contributed by atoms with Crippen molar-refractivity contribution < 1.29 is 18.3 Å². The Balaban J connectivity index is 2.00. The van der Waals surface area contributed by atoms with Crippen molar-refractivity contribution in [1.29, 1.82) is 5.26 Å². The summed E-state index contributed by atoms with van der Waals surface area (Å²) < 4.78 is 40.3. The van der Waals surface area contributed by atoms with Crippen molar-refractivity contribution in [3.8, 4) is 29.3 Å². The van der Waals surface area contributed by atoms with Crippen LogP contribution in [-0.2, 0) is 0 Å². The maximum Gasteiger partial charge on any atom is 0.259 e. The molecular formula is C22H19F2N3O2. The second-order valence-corrected chi connectivity index (χ2v) is 6.66. The fourth-order valence-electron chi connectivity index (χ4n) is 2.56. The van der Waals surface area contributed by atoms with Crippen molar-refractivity contribution in [3.05, 3.63) is 70.8 Å². The molecule has 0 aliphatic rings. The minimum Gasteiger partial charge on any atom is -0.436 e. The van der Waals surface area contributed by atoms with Gasteiger partial charge in [0, 0.05) is 31.4 Å². The molecule has 148 valence electrons. The number of aromatic nitrogens is 1. The molecule has 3 rings (SSSR count). The van der Waals surface area contributed by atoms with Crippen LogP contribution >= 0.6 is 0 Å². The molecule has 3 aromatic rings. The van der Waals surface area contributed by atoms with Gasteiger partial charge in [-0.2, -0.15) is 10.2 Å². The van der Waals surface area contributed by atoms with Gasteiger partial charge in [0.15, 0.2) is 11.6 Å². The molecule has 0 unspecified atom stereocenters. The topological polar surface area (TPSA) is 58.4 Å². The molecule has 0 atom stereocenters. The highest BCUT2D eigenvalue weighted by Crippen LogP contribution is 2.34. The summed E-state index contributed by atoms with van der Waals surface area (Å²) in [5.74, 6) is -2.07. The van der Waals surface area contributed by atoms with Crippen LogP contribution in [0.25, 0.3) is 0 Å². The van der Waals surface area contributed by atoms with Crippen molar-refractivity contribution in [1.82, 2.24) is 4.98 Å². The van der Waals surface area contributed by atoms with E-state index in [-0.39, 0.29) is 11.3 Å². The summed E-state index contributed by atoms with van der Waals surface area (Å²) in [4.78, 5) is 5.77. The summed E-state index contributed by atoms with van der Waals surface area (Å²) in [7, 11) is 3.73. The Hall–Kier alpha value is -3.66. The van der Waals surface area contributed by atoms with Crippen LogP contribution in [0.2, 0.25) is 0 Å². The molecule has 7 heteroatoms. The maximum atomic E-state index is 14.6. The van der Waals surface area contributed by atoms with Crippen molar-refractivity contribution >= 4 is 5.69 Å². The summed E-state index contributed by atoms with van der Waals surface area (Å²) in [5.41, 5.74) is 1.60. The number of nitriles is 1. The van der Waals surface area contributed by atoms with E-state index in [1.807, 2.05) is 31.1 Å². The van der Waals surface area contributed by atoms with E-state index in [0.29, 0.717) is 16.9 Å². The lowest BCUT2D eigenvalue weighted by Gasteiger charge is -2.15. The van der Waals surface area contributed by atoms with Crippen molar-refractivity contribution in [2.75, 3.05) is 19.0 Å². The second-order valence-electron chi connectivity index (χ2n) is 6.66. The van der Waals surface area contributed by atoms with Gasteiger partial charge in [-0.1, -0.05) is 12.1 Å². The van der Waals surface area contributed by atoms with Crippen LogP contribution in [0, 0.1) is 36.8 Å². The molecule has 1 aromatic heterocycles. The first kappa shape index (κ1) is 20.1. The third kappa shape index (κ3) is 4.27. The quantitative estimate of drug-likeness (QED) is 0.571. The first-order chi connectivity index (χ1) is 13.8. The molecule has 1 heterocycles. The second kappa shape index (κ2) is 8.15. The Morgan fingerprint density at radius 3 is 2.31 bits per heavy atom. The summed E-state index contributed by atoms with van der Waals surface area (Å²) in [6.45, 7) is 3.02. The number of ether oxygens (including phenoxy) is 2. The predicted molar refractivity (Wildman–Crippen MR) is 106 cm³/mol. The Morgan fingerprint density at radius 2 is 1.66 bits per heavy atom. The fraction of sp³-hybridized carbons (Fsp3) is 0.182. The molecule has 0 amide bonds. The number of pyridine rings is 1. The zero-order chi connectivity index (χ0) is 21.1. The van der Waals surface area contributed by atoms with Crippen LogP contribution < -0.4 is 14.4 Å². The standard InChI is InChI=1S/C22H19F2N3O2/c1-13-8-9-15(12-25)10-18(13)29-22-20(24)14(2)19(23)21(26-22)28-17-7-5-6-16(11-17)27(3)4/h5-11H,1-4H3. The summed E-state index contributed by atoms with van der Waals surface area (Å²) in [6.07, 6.45) is 0. The smallest absolute Gasteiger partial charge is 0.259 e. The van der Waals surface area contributed by atoms with E-state index in [1.54, 1.807) is 37.3 Å². The average molecular weight is 395 g/mol. The van der Waals surface area contributed by atoms with Crippen LogP contribution in [0.3, 0.4) is 0 Å². The van der Waals surface area contributed by atoms with Gasteiger partial charge in [0.1, 0.15) is 11.5 Å². The van der Waals surface area contributed by atoms with Crippen LogP contribution in [0.15, 0.2) is 42.5 Å². The van der Waals surface area contributed by atoms with Gasteiger partial charge >= 0.3 is 0 Å². The molecule has 0 aliphatic heterocycles. The zero-order valence-electron chi connectivity index (χ0n) is 16.5. The van der Waals surface area contributed by atoms with Gasteiger partial charge in [-0.25, -0.2) is 8.78 Å². The predicted octanol–water partition coefficient (Wildman–Crippen LogP) is 5.50. The molecule has 29 heavy (non-hydrogen) atoms. The van der Waals surface area contributed by atoms with Gasteiger partial charge in [-0.3, -0.25) is 0 Å². The molecule has 0 saturated carbocycles. The zero-order valence-corrected chi connectivity index (χ0v) is 16.5. The first-order valence-electron chi connectivity index (χ1n) is 8.79. The van der Waals surface area contributed by atoms with Gasteiger partial charge in [-0.05, 0) is 43.7 Å². The molecule has 0 bridgehead atoms. The van der Waals surface area contributed by atoms with Crippen molar-refractivity contribution in [3.63, 3.8) is 0 Å². The van der Waals surface area contributed by atoms with E-state index in [1.165, 1.54) is 13.0 Å². The molecule has 5 nitrogen and oxygen atoms in total. The largest absolute Gasteiger partial charge is 0.436 e. The highest BCUT2D eigenvalue weighted by molar-refractivity contribution is 5.50. The van der Waals surface area contributed by atoms with E-state index < -0.39 is 23.4 Å². The molecule has 0 spiro atoms. The van der Waals surface area contributed by atoms with E-state index >= 15 is 0 Å². The molecule has 0 N–H and O–H groups in total. The van der Waals surface area contributed by atoms with E-state index in [9.17, 15) is 8.78 Å². The average Bonchev–Trinajstić information content (AvgIpc) is 2.71. The molecular weight excluding hydrogens is 376 g/mol. The highest BCUT2D eigenvalue weighted by atomic mass is 19.1. The monoisotopic (exact) mass is 395 g/mol. The highest BCUT2D eigenvalue weighted by Gasteiger charge is 2.21. The number of rotatable bonds is 5. The molecule has 0 radical (unpaired) electrons. The summed E-state index contributed by atoms with van der Waals surface area (Å²) in [6, 6.07) is 13.7. The van der Waals surface area contributed by atoms with E-state index in [4.69, 9.17) is 14.7 Å². The minimum absolute atomic E-state index is 0.252. The Morgan fingerprint density at radius 1 is 0.966 bits per heavy atom. The SMILES string of the molecule is Cc1ccc(C#N)cc1Oc1nc(Oc2cccc(N(C)C)c2)c(F)c(C)c1F. The fourth-order valence-corrected chi connectivity index (χ4v) is 2.56. The third-order valence-electron chi connectivity index (χ3n) is 4.31. The number of benzene rings is 2. The van der Waals surface area contributed by atoms with Crippen LogP contribution in [0.4, 0.5) is 14.5 Å². The van der Waals surface area contributed by atoms with Crippen LogP contribution in [0.5, 0.6) is 23.3 Å². The Kier molecular flexibility index (Phi) is 5.64. The van der Waals surface area contributed by atoms with E-state index in [2.05, 4.69) is 4.98 Å². The molecule has 0 aliphatic carbocycles. The molecule has 0 fully saturated rings. The van der Waals surface area contributed by atoms with Crippen LogP contribution in [0.1, 0.15) is 16.7 Å². The third-order valence-corrected chi connectivity index (χ3v) is 4.31.